The van der Waals surface area contributed by atoms with Gasteiger partial charge in [0.15, 0.2) is 0 Å². The Morgan fingerprint density at radius 3 is 2.67 bits per heavy atom. The molecule has 0 saturated carbocycles. The first-order valence-corrected chi connectivity index (χ1v) is 5.96. The fourth-order valence-electron chi connectivity index (χ4n) is 2.50. The number of aryl methyl sites for hydroxylation is 2. The molecule has 1 aliphatic heterocycles. The Balaban J connectivity index is 2.24. The Hall–Kier alpha value is -0.820. The standard InChI is InChI=1S/C14H21N/c1-10-4-5-13(8-11(10)2)14-6-7-15-9-12(14)3/h4-5,8,12,14-15H,6-7,9H2,1-3H3/t12-,14+/m0/s1. The van der Waals surface area contributed by atoms with Crippen LogP contribution >= 0.6 is 0 Å². The number of rotatable bonds is 1. The normalized spacial score (nSPS) is 26.6. The largest absolute Gasteiger partial charge is 0.316 e. The lowest BCUT2D eigenvalue weighted by atomic mass is 9.81. The van der Waals surface area contributed by atoms with Gasteiger partial charge >= 0.3 is 0 Å². The number of piperidine rings is 1. The highest BCUT2D eigenvalue weighted by Crippen LogP contribution is 2.30. The van der Waals surface area contributed by atoms with Crippen molar-refractivity contribution in [2.45, 2.75) is 33.1 Å². The van der Waals surface area contributed by atoms with Crippen molar-refractivity contribution in [3.63, 3.8) is 0 Å². The molecule has 0 aromatic heterocycles. The Bertz CT molecular complexity index is 343. The van der Waals surface area contributed by atoms with E-state index in [2.05, 4.69) is 44.3 Å². The molecule has 1 N–H and O–H groups in total. The Labute approximate surface area is 92.9 Å². The summed E-state index contributed by atoms with van der Waals surface area (Å²) in [6.07, 6.45) is 1.28. The van der Waals surface area contributed by atoms with Gasteiger partial charge in [0, 0.05) is 0 Å². The molecule has 2 rings (SSSR count). The molecule has 0 bridgehead atoms. The summed E-state index contributed by atoms with van der Waals surface area (Å²) < 4.78 is 0. The Kier molecular flexibility index (Phi) is 3.11. The van der Waals surface area contributed by atoms with Crippen molar-refractivity contribution < 1.29 is 0 Å². The van der Waals surface area contributed by atoms with Gasteiger partial charge in [0.05, 0.1) is 0 Å². The van der Waals surface area contributed by atoms with E-state index in [4.69, 9.17) is 0 Å². The van der Waals surface area contributed by atoms with Crippen molar-refractivity contribution in [2.75, 3.05) is 13.1 Å². The van der Waals surface area contributed by atoms with Gasteiger partial charge in [0.25, 0.3) is 0 Å². The van der Waals surface area contributed by atoms with E-state index in [1.54, 1.807) is 0 Å². The van der Waals surface area contributed by atoms with Crippen molar-refractivity contribution in [3.05, 3.63) is 34.9 Å². The molecule has 1 aromatic rings. The van der Waals surface area contributed by atoms with Gasteiger partial charge in [-0.05, 0) is 61.9 Å². The maximum atomic E-state index is 3.46. The van der Waals surface area contributed by atoms with Gasteiger partial charge in [-0.1, -0.05) is 25.1 Å². The fourth-order valence-corrected chi connectivity index (χ4v) is 2.50. The molecule has 0 radical (unpaired) electrons. The maximum Gasteiger partial charge on any atom is -0.00173 e. The van der Waals surface area contributed by atoms with Crippen LogP contribution < -0.4 is 5.32 Å². The topological polar surface area (TPSA) is 12.0 Å². The zero-order valence-corrected chi connectivity index (χ0v) is 10.0. The van der Waals surface area contributed by atoms with Crippen LogP contribution in [0.4, 0.5) is 0 Å². The van der Waals surface area contributed by atoms with Gasteiger partial charge in [-0.3, -0.25) is 0 Å². The molecule has 1 aliphatic rings. The van der Waals surface area contributed by atoms with Gasteiger partial charge < -0.3 is 5.32 Å². The van der Waals surface area contributed by atoms with Gasteiger partial charge in [0.1, 0.15) is 0 Å². The van der Waals surface area contributed by atoms with E-state index in [-0.39, 0.29) is 0 Å². The predicted octanol–water partition coefficient (Wildman–Crippen LogP) is 3.02. The molecule has 1 saturated heterocycles. The smallest absolute Gasteiger partial charge is 0.00173 e. The van der Waals surface area contributed by atoms with Crippen LogP contribution in [0.5, 0.6) is 0 Å². The minimum atomic E-state index is 0.755. The average Bonchev–Trinajstić information content (AvgIpc) is 2.23. The van der Waals surface area contributed by atoms with Gasteiger partial charge in [0.2, 0.25) is 0 Å². The summed E-state index contributed by atoms with van der Waals surface area (Å²) in [5.41, 5.74) is 4.37. The highest BCUT2D eigenvalue weighted by Gasteiger charge is 2.22. The zero-order valence-electron chi connectivity index (χ0n) is 10.0. The lowest BCUT2D eigenvalue weighted by Gasteiger charge is -2.30. The second kappa shape index (κ2) is 4.36. The van der Waals surface area contributed by atoms with Crippen molar-refractivity contribution in [1.82, 2.24) is 5.32 Å². The van der Waals surface area contributed by atoms with E-state index in [9.17, 15) is 0 Å². The molecule has 2 atom stereocenters. The first-order valence-electron chi connectivity index (χ1n) is 5.96. The molecule has 0 aliphatic carbocycles. The second-order valence-corrected chi connectivity index (χ2v) is 4.92. The summed E-state index contributed by atoms with van der Waals surface area (Å²) in [7, 11) is 0. The summed E-state index contributed by atoms with van der Waals surface area (Å²) in [5, 5.41) is 3.46. The second-order valence-electron chi connectivity index (χ2n) is 4.92. The molecule has 1 fully saturated rings. The minimum absolute atomic E-state index is 0.755. The van der Waals surface area contributed by atoms with Crippen LogP contribution in [0.3, 0.4) is 0 Å². The first-order chi connectivity index (χ1) is 7.18. The fraction of sp³-hybridized carbons (Fsp3) is 0.571. The van der Waals surface area contributed by atoms with E-state index in [0.717, 1.165) is 18.4 Å². The van der Waals surface area contributed by atoms with E-state index in [1.165, 1.54) is 29.7 Å². The van der Waals surface area contributed by atoms with E-state index < -0.39 is 0 Å². The third kappa shape index (κ3) is 2.23. The van der Waals surface area contributed by atoms with Crippen molar-refractivity contribution in [1.29, 1.82) is 0 Å². The number of hydrogen-bond acceptors (Lipinski definition) is 1. The molecule has 82 valence electrons. The van der Waals surface area contributed by atoms with Crippen LogP contribution in [0.2, 0.25) is 0 Å². The Morgan fingerprint density at radius 1 is 1.20 bits per heavy atom. The quantitative estimate of drug-likeness (QED) is 0.740. The van der Waals surface area contributed by atoms with Gasteiger partial charge in [-0.15, -0.1) is 0 Å². The minimum Gasteiger partial charge on any atom is -0.316 e. The lowest BCUT2D eigenvalue weighted by Crippen LogP contribution is -2.33. The molecule has 1 aromatic carbocycles. The summed E-state index contributed by atoms with van der Waals surface area (Å²) in [4.78, 5) is 0. The third-order valence-electron chi connectivity index (χ3n) is 3.74. The molecule has 0 amide bonds. The van der Waals surface area contributed by atoms with Crippen LogP contribution in [0.1, 0.15) is 36.0 Å². The van der Waals surface area contributed by atoms with Gasteiger partial charge in [-0.2, -0.15) is 0 Å². The third-order valence-corrected chi connectivity index (χ3v) is 3.74. The molecular weight excluding hydrogens is 182 g/mol. The monoisotopic (exact) mass is 203 g/mol. The van der Waals surface area contributed by atoms with Crippen molar-refractivity contribution in [3.8, 4) is 0 Å². The molecule has 1 nitrogen and oxygen atoms in total. The molecular formula is C14H21N. The number of nitrogens with one attached hydrogen (secondary N) is 1. The van der Waals surface area contributed by atoms with Gasteiger partial charge in [-0.25, -0.2) is 0 Å². The lowest BCUT2D eigenvalue weighted by molar-refractivity contribution is 0.349. The van der Waals surface area contributed by atoms with Crippen LogP contribution in [-0.2, 0) is 0 Å². The summed E-state index contributed by atoms with van der Waals surface area (Å²) >= 11 is 0. The maximum absolute atomic E-state index is 3.46. The summed E-state index contributed by atoms with van der Waals surface area (Å²) in [6, 6.07) is 6.95. The van der Waals surface area contributed by atoms with E-state index >= 15 is 0 Å². The highest BCUT2D eigenvalue weighted by molar-refractivity contribution is 5.32. The molecule has 15 heavy (non-hydrogen) atoms. The number of benzene rings is 1. The Morgan fingerprint density at radius 2 is 2.00 bits per heavy atom. The first kappa shape index (κ1) is 10.7. The highest BCUT2D eigenvalue weighted by atomic mass is 14.9. The SMILES string of the molecule is Cc1ccc([C@@H]2CCNC[C@@H]2C)cc1C. The van der Waals surface area contributed by atoms with Crippen LogP contribution in [0.25, 0.3) is 0 Å². The molecule has 0 spiro atoms. The number of hydrogen-bond donors (Lipinski definition) is 1. The van der Waals surface area contributed by atoms with E-state index in [0.29, 0.717) is 0 Å². The van der Waals surface area contributed by atoms with Crippen LogP contribution in [-0.4, -0.2) is 13.1 Å². The molecule has 1 heterocycles. The average molecular weight is 203 g/mol. The van der Waals surface area contributed by atoms with Crippen molar-refractivity contribution >= 4 is 0 Å². The summed E-state index contributed by atoms with van der Waals surface area (Å²) in [6.45, 7) is 9.08. The van der Waals surface area contributed by atoms with Crippen molar-refractivity contribution in [2.24, 2.45) is 5.92 Å². The van der Waals surface area contributed by atoms with E-state index in [1.807, 2.05) is 0 Å². The zero-order chi connectivity index (χ0) is 10.8. The molecule has 1 heteroatoms. The van der Waals surface area contributed by atoms with Crippen LogP contribution in [0.15, 0.2) is 18.2 Å². The molecule has 0 unspecified atom stereocenters. The predicted molar refractivity (Wildman–Crippen MR) is 65.3 cm³/mol. The van der Waals surface area contributed by atoms with Crippen LogP contribution in [0, 0.1) is 19.8 Å². The summed E-state index contributed by atoms with van der Waals surface area (Å²) in [5.74, 6) is 1.52.